The first-order valence-electron chi connectivity index (χ1n) is 8.43. The van der Waals surface area contributed by atoms with Gasteiger partial charge in [-0.15, -0.1) is 0 Å². The van der Waals surface area contributed by atoms with Gasteiger partial charge in [-0.05, 0) is 32.1 Å². The van der Waals surface area contributed by atoms with Crippen LogP contribution in [0.4, 0.5) is 0 Å². The molecule has 1 heterocycles. The van der Waals surface area contributed by atoms with Gasteiger partial charge in [-0.2, -0.15) is 0 Å². The highest BCUT2D eigenvalue weighted by Crippen LogP contribution is 2.46. The lowest BCUT2D eigenvalue weighted by Crippen LogP contribution is -2.43. The van der Waals surface area contributed by atoms with E-state index in [2.05, 4.69) is 43.3 Å². The van der Waals surface area contributed by atoms with Crippen LogP contribution in [0.2, 0.25) is 0 Å². The zero-order valence-electron chi connectivity index (χ0n) is 15.0. The van der Waals surface area contributed by atoms with Crippen LogP contribution in [0.25, 0.3) is 0 Å². The molecule has 0 aromatic carbocycles. The number of carbonyl (C=O) groups is 1. The Morgan fingerprint density at radius 1 is 1.35 bits per heavy atom. The number of aliphatic imine (C=N–C) groups is 2. The van der Waals surface area contributed by atoms with Gasteiger partial charge in [0.05, 0.1) is 11.8 Å². The lowest BCUT2D eigenvalue weighted by Gasteiger charge is -2.26. The number of fused-ring (bicyclic) bond motifs is 2. The first-order valence-corrected chi connectivity index (χ1v) is 8.43. The molecule has 2 unspecified atom stereocenters. The van der Waals surface area contributed by atoms with Crippen LogP contribution in [0.1, 0.15) is 54.4 Å². The summed E-state index contributed by atoms with van der Waals surface area (Å²) in [7, 11) is 0. The Kier molecular flexibility index (Phi) is 4.92. The molecule has 2 bridgehead atoms. The van der Waals surface area contributed by atoms with Crippen LogP contribution < -0.4 is 10.6 Å². The maximum Gasteiger partial charge on any atom is 0.229 e. The van der Waals surface area contributed by atoms with E-state index in [0.717, 1.165) is 24.4 Å². The first kappa shape index (κ1) is 17.6. The number of nitrogens with one attached hydrogen (secondary N) is 3. The SMILES string of the molecule is CC(C)NC1=NC2CC(CC2(C)C)/C1=N\C(=N)NC(=O)C(C)C. The van der Waals surface area contributed by atoms with Crippen LogP contribution in [-0.4, -0.2) is 35.5 Å². The summed E-state index contributed by atoms with van der Waals surface area (Å²) in [6, 6.07) is 0.547. The molecule has 1 aliphatic heterocycles. The zero-order chi connectivity index (χ0) is 17.4. The minimum atomic E-state index is -0.185. The second kappa shape index (κ2) is 6.42. The fourth-order valence-electron chi connectivity index (χ4n) is 3.23. The minimum absolute atomic E-state index is 0.0971. The predicted molar refractivity (Wildman–Crippen MR) is 94.1 cm³/mol. The van der Waals surface area contributed by atoms with Crippen LogP contribution >= 0.6 is 0 Å². The molecule has 0 aromatic rings. The van der Waals surface area contributed by atoms with Gasteiger partial charge in [0.25, 0.3) is 0 Å². The summed E-state index contributed by atoms with van der Waals surface area (Å²) in [5.41, 5.74) is 0.962. The molecule has 23 heavy (non-hydrogen) atoms. The molecule has 6 nitrogen and oxygen atoms in total. The summed E-state index contributed by atoms with van der Waals surface area (Å²) in [4.78, 5) is 21.0. The number of amides is 1. The van der Waals surface area contributed by atoms with E-state index in [1.165, 1.54) is 0 Å². The molecule has 2 rings (SSSR count). The maximum atomic E-state index is 11.7. The topological polar surface area (TPSA) is 89.7 Å². The number of rotatable bonds is 2. The molecular weight excluding hydrogens is 290 g/mol. The van der Waals surface area contributed by atoms with Crippen LogP contribution in [0.5, 0.6) is 0 Å². The molecule has 0 saturated heterocycles. The average Bonchev–Trinajstić information content (AvgIpc) is 2.64. The van der Waals surface area contributed by atoms with Crippen molar-refractivity contribution in [2.24, 2.45) is 27.2 Å². The highest BCUT2D eigenvalue weighted by atomic mass is 16.2. The van der Waals surface area contributed by atoms with E-state index >= 15 is 0 Å². The molecule has 128 valence electrons. The molecule has 2 atom stereocenters. The van der Waals surface area contributed by atoms with Crippen LogP contribution in [0, 0.1) is 22.7 Å². The number of hydrogen-bond donors (Lipinski definition) is 3. The van der Waals surface area contributed by atoms with E-state index < -0.39 is 0 Å². The third-order valence-electron chi connectivity index (χ3n) is 4.52. The number of guanidine groups is 1. The monoisotopic (exact) mass is 319 g/mol. The van der Waals surface area contributed by atoms with Crippen LogP contribution in [0.15, 0.2) is 9.98 Å². The summed E-state index contributed by atoms with van der Waals surface area (Å²) in [5, 5.41) is 13.9. The van der Waals surface area contributed by atoms with Crippen molar-refractivity contribution in [1.29, 1.82) is 5.41 Å². The van der Waals surface area contributed by atoms with Gasteiger partial charge in [-0.1, -0.05) is 27.7 Å². The van der Waals surface area contributed by atoms with E-state index in [1.807, 2.05) is 0 Å². The van der Waals surface area contributed by atoms with E-state index in [-0.39, 0.29) is 29.2 Å². The molecule has 1 saturated carbocycles. The second-order valence-electron chi connectivity index (χ2n) is 7.91. The Labute approximate surface area is 138 Å². The minimum Gasteiger partial charge on any atom is -0.367 e. The number of nitrogens with zero attached hydrogens (tertiary/aromatic N) is 2. The molecule has 6 heteroatoms. The Morgan fingerprint density at radius 2 is 2.00 bits per heavy atom. The van der Waals surface area contributed by atoms with Crippen molar-refractivity contribution in [3.63, 3.8) is 0 Å². The highest BCUT2D eigenvalue weighted by Gasteiger charge is 2.46. The third kappa shape index (κ3) is 3.98. The van der Waals surface area contributed by atoms with Crippen molar-refractivity contribution in [1.82, 2.24) is 10.6 Å². The van der Waals surface area contributed by atoms with E-state index in [0.29, 0.717) is 12.0 Å². The maximum absolute atomic E-state index is 11.7. The quantitative estimate of drug-likeness (QED) is 0.539. The van der Waals surface area contributed by atoms with Crippen molar-refractivity contribution >= 4 is 23.4 Å². The highest BCUT2D eigenvalue weighted by molar-refractivity contribution is 6.44. The summed E-state index contributed by atoms with van der Waals surface area (Å²) >= 11 is 0. The Morgan fingerprint density at radius 3 is 2.57 bits per heavy atom. The van der Waals surface area contributed by atoms with Gasteiger partial charge in [0.1, 0.15) is 5.84 Å². The predicted octanol–water partition coefficient (Wildman–Crippen LogP) is 2.35. The van der Waals surface area contributed by atoms with Gasteiger partial charge in [0.15, 0.2) is 0 Å². The van der Waals surface area contributed by atoms with Gasteiger partial charge in [0.2, 0.25) is 11.9 Å². The van der Waals surface area contributed by atoms with Crippen LogP contribution in [-0.2, 0) is 4.79 Å². The zero-order valence-corrected chi connectivity index (χ0v) is 15.0. The third-order valence-corrected chi connectivity index (χ3v) is 4.52. The fourth-order valence-corrected chi connectivity index (χ4v) is 3.23. The fraction of sp³-hybridized carbons (Fsp3) is 0.765. The van der Waals surface area contributed by atoms with Crippen LogP contribution in [0.3, 0.4) is 0 Å². The molecule has 0 radical (unpaired) electrons. The largest absolute Gasteiger partial charge is 0.367 e. The average molecular weight is 319 g/mol. The Hall–Kier alpha value is -1.72. The van der Waals surface area contributed by atoms with Crippen molar-refractivity contribution in [3.05, 3.63) is 0 Å². The van der Waals surface area contributed by atoms with Crippen molar-refractivity contribution in [2.45, 2.75) is 66.5 Å². The van der Waals surface area contributed by atoms with Gasteiger partial charge >= 0.3 is 0 Å². The lowest BCUT2D eigenvalue weighted by atomic mass is 9.87. The molecule has 2 aliphatic rings. The lowest BCUT2D eigenvalue weighted by molar-refractivity contribution is -0.122. The van der Waals surface area contributed by atoms with Gasteiger partial charge in [0, 0.05) is 17.9 Å². The van der Waals surface area contributed by atoms with Gasteiger partial charge in [-0.3, -0.25) is 20.5 Å². The Balaban J connectivity index is 2.25. The smallest absolute Gasteiger partial charge is 0.229 e. The molecule has 3 N–H and O–H groups in total. The van der Waals surface area contributed by atoms with Gasteiger partial charge in [-0.25, -0.2) is 4.99 Å². The number of carbonyl (C=O) groups excluding carboxylic acids is 1. The van der Waals surface area contributed by atoms with E-state index in [9.17, 15) is 4.79 Å². The first-order chi connectivity index (χ1) is 10.6. The summed E-state index contributed by atoms with van der Waals surface area (Å²) in [6.07, 6.45) is 1.98. The molecular formula is C17H29N5O. The molecule has 0 aromatic heterocycles. The normalized spacial score (nSPS) is 27.3. The van der Waals surface area contributed by atoms with Crippen molar-refractivity contribution < 1.29 is 4.79 Å². The number of amidine groups is 1. The Bertz CT molecular complexity index is 559. The standard InChI is InChI=1S/C17H29N5O/c1-9(2)15(23)22-16(18)21-13-11-7-12(17(5,6)8-11)20-14(13)19-10(3)4/h9-12H,7-8H2,1-6H3,(H,19,20)(H2,18,22,23)/b21-13+. The molecule has 1 amide bonds. The number of hydrogen-bond acceptors (Lipinski definition) is 4. The second-order valence-corrected chi connectivity index (χ2v) is 7.91. The van der Waals surface area contributed by atoms with Gasteiger partial charge < -0.3 is 5.32 Å². The molecule has 1 fully saturated rings. The van der Waals surface area contributed by atoms with E-state index in [1.54, 1.807) is 13.8 Å². The molecule has 0 spiro atoms. The molecule has 1 aliphatic carbocycles. The van der Waals surface area contributed by atoms with E-state index in [4.69, 9.17) is 10.4 Å². The van der Waals surface area contributed by atoms with Crippen molar-refractivity contribution in [3.8, 4) is 0 Å². The summed E-state index contributed by atoms with van der Waals surface area (Å²) < 4.78 is 0. The van der Waals surface area contributed by atoms with Crippen molar-refractivity contribution in [2.75, 3.05) is 0 Å². The summed E-state index contributed by atoms with van der Waals surface area (Å²) in [6.45, 7) is 12.2. The summed E-state index contributed by atoms with van der Waals surface area (Å²) in [5.74, 6) is 0.634.